The van der Waals surface area contributed by atoms with Crippen molar-refractivity contribution in [2.45, 2.75) is 30.9 Å². The zero-order chi connectivity index (χ0) is 12.3. The second-order valence-corrected chi connectivity index (χ2v) is 7.26. The molecule has 1 amide bonds. The Morgan fingerprint density at radius 1 is 1.29 bits per heavy atom. The Morgan fingerprint density at radius 2 is 2.12 bits per heavy atom. The highest BCUT2D eigenvalue weighted by atomic mass is 32.2. The molecule has 0 aromatic carbocycles. The van der Waals surface area contributed by atoms with Gasteiger partial charge in [0.25, 0.3) is 0 Å². The lowest BCUT2D eigenvalue weighted by molar-refractivity contribution is -0.121. The van der Waals surface area contributed by atoms with Crippen LogP contribution in [0.2, 0.25) is 0 Å². The Balaban J connectivity index is 1.86. The first-order chi connectivity index (χ1) is 8.09. The smallest absolute Gasteiger partial charge is 0.238 e. The highest BCUT2D eigenvalue weighted by molar-refractivity contribution is 7.92. The van der Waals surface area contributed by atoms with E-state index >= 15 is 0 Å². The molecule has 2 saturated heterocycles. The molecule has 2 rings (SSSR count). The standard InChI is InChI=1S/C11H20N2O3S/c14-11(13-8-9-4-5-12-7-9)10-3-1-2-6-17(10,15)16/h9-10,12H,1-8H2,(H,13,14). The number of nitrogens with one attached hydrogen (secondary N) is 2. The Morgan fingerprint density at radius 3 is 2.76 bits per heavy atom. The molecule has 0 aromatic rings. The molecule has 0 radical (unpaired) electrons. The van der Waals surface area contributed by atoms with Gasteiger partial charge in [-0.2, -0.15) is 0 Å². The van der Waals surface area contributed by atoms with Crippen LogP contribution in [0, 0.1) is 5.92 Å². The molecular formula is C11H20N2O3S. The van der Waals surface area contributed by atoms with Gasteiger partial charge in [-0.3, -0.25) is 4.79 Å². The van der Waals surface area contributed by atoms with Crippen molar-refractivity contribution < 1.29 is 13.2 Å². The average molecular weight is 260 g/mol. The Labute approximate surface area is 102 Å². The molecule has 2 unspecified atom stereocenters. The maximum atomic E-state index is 11.9. The van der Waals surface area contributed by atoms with Crippen LogP contribution < -0.4 is 10.6 Å². The second-order valence-electron chi connectivity index (χ2n) is 4.96. The van der Waals surface area contributed by atoms with E-state index in [-0.39, 0.29) is 11.7 Å². The molecule has 2 fully saturated rings. The van der Waals surface area contributed by atoms with E-state index in [2.05, 4.69) is 10.6 Å². The number of hydrogen-bond donors (Lipinski definition) is 2. The van der Waals surface area contributed by atoms with Crippen LogP contribution in [-0.2, 0) is 14.6 Å². The molecule has 2 atom stereocenters. The first-order valence-electron chi connectivity index (χ1n) is 6.29. The minimum absolute atomic E-state index is 0.163. The van der Waals surface area contributed by atoms with Gasteiger partial charge < -0.3 is 10.6 Å². The highest BCUT2D eigenvalue weighted by Gasteiger charge is 2.34. The summed E-state index contributed by atoms with van der Waals surface area (Å²) in [4.78, 5) is 11.9. The number of amides is 1. The molecule has 0 bridgehead atoms. The lowest BCUT2D eigenvalue weighted by Crippen LogP contribution is -2.44. The minimum atomic E-state index is -3.20. The summed E-state index contributed by atoms with van der Waals surface area (Å²) in [5, 5.41) is 5.21. The summed E-state index contributed by atoms with van der Waals surface area (Å²) in [5.41, 5.74) is 0. The number of sulfone groups is 1. The van der Waals surface area contributed by atoms with Crippen LogP contribution in [0.4, 0.5) is 0 Å². The van der Waals surface area contributed by atoms with Crippen LogP contribution >= 0.6 is 0 Å². The third-order valence-corrected chi connectivity index (χ3v) is 5.77. The first-order valence-corrected chi connectivity index (χ1v) is 8.01. The van der Waals surface area contributed by atoms with Gasteiger partial charge in [0, 0.05) is 6.54 Å². The number of carbonyl (C=O) groups excluding carboxylic acids is 1. The summed E-state index contributed by atoms with van der Waals surface area (Å²) in [5.74, 6) is 0.317. The van der Waals surface area contributed by atoms with Gasteiger partial charge in [0.1, 0.15) is 5.25 Å². The van der Waals surface area contributed by atoms with E-state index in [9.17, 15) is 13.2 Å². The lowest BCUT2D eigenvalue weighted by Gasteiger charge is -2.22. The molecule has 0 aliphatic carbocycles. The van der Waals surface area contributed by atoms with Crippen LogP contribution in [0.1, 0.15) is 25.7 Å². The van der Waals surface area contributed by atoms with E-state index in [1.54, 1.807) is 0 Å². The minimum Gasteiger partial charge on any atom is -0.355 e. The quantitative estimate of drug-likeness (QED) is 0.729. The van der Waals surface area contributed by atoms with Crippen molar-refractivity contribution in [2.24, 2.45) is 5.92 Å². The SMILES string of the molecule is O=C(NCC1CCNC1)C1CCCCS1(=O)=O. The van der Waals surface area contributed by atoms with Gasteiger partial charge in [0.15, 0.2) is 9.84 Å². The summed E-state index contributed by atoms with van der Waals surface area (Å²) in [6.07, 6.45) is 3.07. The maximum absolute atomic E-state index is 11.9. The van der Waals surface area contributed by atoms with Crippen molar-refractivity contribution in [1.82, 2.24) is 10.6 Å². The molecular weight excluding hydrogens is 240 g/mol. The average Bonchev–Trinajstić information content (AvgIpc) is 2.78. The predicted molar refractivity (Wildman–Crippen MR) is 65.4 cm³/mol. The number of carbonyl (C=O) groups is 1. The van der Waals surface area contributed by atoms with Gasteiger partial charge in [0.05, 0.1) is 5.75 Å². The van der Waals surface area contributed by atoms with E-state index in [1.807, 2.05) is 0 Å². The van der Waals surface area contributed by atoms with Gasteiger partial charge in [-0.05, 0) is 38.3 Å². The first kappa shape index (κ1) is 12.8. The number of rotatable bonds is 3. The van der Waals surface area contributed by atoms with Crippen LogP contribution in [0.5, 0.6) is 0 Å². The monoisotopic (exact) mass is 260 g/mol. The molecule has 6 heteroatoms. The summed E-state index contributed by atoms with van der Waals surface area (Å²) in [7, 11) is -3.20. The normalized spacial score (nSPS) is 32.2. The third kappa shape index (κ3) is 3.19. The zero-order valence-electron chi connectivity index (χ0n) is 9.94. The summed E-state index contributed by atoms with van der Waals surface area (Å²) >= 11 is 0. The summed E-state index contributed by atoms with van der Waals surface area (Å²) < 4.78 is 23.5. The molecule has 2 N–H and O–H groups in total. The zero-order valence-corrected chi connectivity index (χ0v) is 10.8. The van der Waals surface area contributed by atoms with Gasteiger partial charge in [0.2, 0.25) is 5.91 Å². The van der Waals surface area contributed by atoms with Gasteiger partial charge in [-0.1, -0.05) is 6.42 Å². The summed E-state index contributed by atoms with van der Waals surface area (Å²) in [6, 6.07) is 0. The van der Waals surface area contributed by atoms with Crippen molar-refractivity contribution in [3.8, 4) is 0 Å². The highest BCUT2D eigenvalue weighted by Crippen LogP contribution is 2.19. The molecule has 0 spiro atoms. The van der Waals surface area contributed by atoms with Crippen molar-refractivity contribution in [3.05, 3.63) is 0 Å². The topological polar surface area (TPSA) is 75.3 Å². The largest absolute Gasteiger partial charge is 0.355 e. The Bertz CT molecular complexity index is 374. The van der Waals surface area contributed by atoms with Gasteiger partial charge in [-0.15, -0.1) is 0 Å². The predicted octanol–water partition coefficient (Wildman–Crippen LogP) is -0.321. The van der Waals surface area contributed by atoms with Crippen LogP contribution in [0.3, 0.4) is 0 Å². The fraction of sp³-hybridized carbons (Fsp3) is 0.909. The molecule has 17 heavy (non-hydrogen) atoms. The Kier molecular flexibility index (Phi) is 4.04. The van der Waals surface area contributed by atoms with E-state index < -0.39 is 15.1 Å². The molecule has 0 aromatic heterocycles. The van der Waals surface area contributed by atoms with Gasteiger partial charge in [-0.25, -0.2) is 8.42 Å². The Hall–Kier alpha value is -0.620. The van der Waals surface area contributed by atoms with Crippen LogP contribution in [0.15, 0.2) is 0 Å². The summed E-state index contributed by atoms with van der Waals surface area (Å²) in [6.45, 7) is 2.50. The van der Waals surface area contributed by atoms with Crippen molar-refractivity contribution in [1.29, 1.82) is 0 Å². The molecule has 2 aliphatic heterocycles. The fourth-order valence-electron chi connectivity index (χ4n) is 2.50. The van der Waals surface area contributed by atoms with E-state index in [0.29, 0.717) is 25.3 Å². The fourth-order valence-corrected chi connectivity index (χ4v) is 4.32. The van der Waals surface area contributed by atoms with Crippen molar-refractivity contribution in [2.75, 3.05) is 25.4 Å². The van der Waals surface area contributed by atoms with Crippen molar-refractivity contribution in [3.63, 3.8) is 0 Å². The molecule has 2 aliphatic rings. The lowest BCUT2D eigenvalue weighted by atomic mass is 10.1. The second kappa shape index (κ2) is 5.35. The third-order valence-electron chi connectivity index (χ3n) is 3.60. The van der Waals surface area contributed by atoms with Crippen molar-refractivity contribution >= 4 is 15.7 Å². The van der Waals surface area contributed by atoms with Crippen LogP contribution in [-0.4, -0.2) is 45.0 Å². The van der Waals surface area contributed by atoms with E-state index in [1.165, 1.54) is 0 Å². The maximum Gasteiger partial charge on any atom is 0.238 e. The molecule has 5 nitrogen and oxygen atoms in total. The van der Waals surface area contributed by atoms with Gasteiger partial charge >= 0.3 is 0 Å². The number of hydrogen-bond acceptors (Lipinski definition) is 4. The van der Waals surface area contributed by atoms with Crippen LogP contribution in [0.25, 0.3) is 0 Å². The van der Waals surface area contributed by atoms with E-state index in [4.69, 9.17) is 0 Å². The molecule has 2 heterocycles. The molecule has 0 saturated carbocycles. The van der Waals surface area contributed by atoms with E-state index in [0.717, 1.165) is 25.9 Å². The molecule has 98 valence electrons.